The van der Waals surface area contributed by atoms with Crippen molar-refractivity contribution in [3.8, 4) is 5.75 Å². The molecule has 11 heteroatoms. The predicted octanol–water partition coefficient (Wildman–Crippen LogP) is 5.39. The molecule has 1 aliphatic heterocycles. The second kappa shape index (κ2) is 10.4. The van der Waals surface area contributed by atoms with Crippen LogP contribution in [0.4, 0.5) is 16.2 Å². The molecule has 1 fully saturated rings. The topological polar surface area (TPSA) is 119 Å². The summed E-state index contributed by atoms with van der Waals surface area (Å²) < 4.78 is 7.22. The van der Waals surface area contributed by atoms with E-state index in [1.54, 1.807) is 12.1 Å². The van der Waals surface area contributed by atoms with Gasteiger partial charge in [0.25, 0.3) is 17.5 Å². The number of amides is 4. The molecule has 1 saturated heterocycles. The van der Waals surface area contributed by atoms with Crippen LogP contribution >= 0.6 is 31.9 Å². The van der Waals surface area contributed by atoms with E-state index < -0.39 is 22.8 Å². The van der Waals surface area contributed by atoms with Crippen molar-refractivity contribution < 1.29 is 24.0 Å². The van der Waals surface area contributed by atoms with Crippen LogP contribution in [0.25, 0.3) is 6.08 Å². The summed E-state index contributed by atoms with van der Waals surface area (Å²) in [7, 11) is 1.52. The third kappa shape index (κ3) is 5.07. The number of nitrogens with one attached hydrogen (secondary N) is 1. The van der Waals surface area contributed by atoms with Crippen LogP contribution < -0.4 is 15.0 Å². The number of hydrogen-bond acceptors (Lipinski definition) is 6. The molecule has 3 aromatic carbocycles. The van der Waals surface area contributed by atoms with Crippen LogP contribution in [0.5, 0.6) is 5.75 Å². The smallest absolute Gasteiger partial charge is 0.335 e. The first-order valence-corrected chi connectivity index (χ1v) is 12.0. The normalized spacial score (nSPS) is 14.7. The Morgan fingerprint density at radius 2 is 1.78 bits per heavy atom. The second-order valence-corrected chi connectivity index (χ2v) is 9.40. The first kappa shape index (κ1) is 25.3. The van der Waals surface area contributed by atoms with Gasteiger partial charge >= 0.3 is 6.03 Å². The minimum Gasteiger partial charge on any atom is -0.496 e. The van der Waals surface area contributed by atoms with E-state index in [0.29, 0.717) is 27.1 Å². The zero-order valence-electron chi connectivity index (χ0n) is 18.7. The Labute approximate surface area is 222 Å². The Kier molecular flexibility index (Phi) is 7.32. The molecule has 1 aliphatic rings. The average molecular weight is 615 g/mol. The quantitative estimate of drug-likeness (QED) is 0.172. The molecular formula is C25H17Br2N3O6. The molecule has 0 spiro atoms. The highest BCUT2D eigenvalue weighted by Crippen LogP contribution is 2.34. The lowest BCUT2D eigenvalue weighted by Crippen LogP contribution is -2.54. The summed E-state index contributed by atoms with van der Waals surface area (Å²) in [6, 6.07) is 15.2. The third-order valence-corrected chi connectivity index (χ3v) is 6.91. The number of imide groups is 2. The van der Waals surface area contributed by atoms with E-state index in [-0.39, 0.29) is 16.9 Å². The number of nitro groups is 1. The fourth-order valence-electron chi connectivity index (χ4n) is 3.70. The van der Waals surface area contributed by atoms with Crippen LogP contribution in [0, 0.1) is 10.1 Å². The van der Waals surface area contributed by atoms with Crippen molar-refractivity contribution in [1.82, 2.24) is 5.32 Å². The SMILES string of the molecule is COc1cc(/C=C2\C(=O)NC(=O)N(c3cccc([N+](=O)[O-])c3)C2=O)cc(Br)c1Cc1ccccc1Br. The molecule has 0 bridgehead atoms. The predicted molar refractivity (Wildman–Crippen MR) is 140 cm³/mol. The minimum absolute atomic E-state index is 0.0346. The van der Waals surface area contributed by atoms with Crippen LogP contribution in [0.15, 0.2) is 75.2 Å². The molecule has 1 N–H and O–H groups in total. The van der Waals surface area contributed by atoms with Gasteiger partial charge < -0.3 is 4.74 Å². The highest BCUT2D eigenvalue weighted by Gasteiger charge is 2.37. The number of nitro benzene ring substituents is 1. The molecule has 1 heterocycles. The number of carbonyl (C=O) groups excluding carboxylic acids is 3. The summed E-state index contributed by atoms with van der Waals surface area (Å²) in [5.41, 5.74) is 1.72. The van der Waals surface area contributed by atoms with Crippen LogP contribution in [0.3, 0.4) is 0 Å². The molecule has 9 nitrogen and oxygen atoms in total. The lowest BCUT2D eigenvalue weighted by molar-refractivity contribution is -0.384. The molecule has 3 aromatic rings. The molecule has 0 aromatic heterocycles. The van der Waals surface area contributed by atoms with Gasteiger partial charge in [0.05, 0.1) is 17.7 Å². The lowest BCUT2D eigenvalue weighted by Gasteiger charge is -2.26. The molecule has 0 unspecified atom stereocenters. The molecular weight excluding hydrogens is 598 g/mol. The van der Waals surface area contributed by atoms with Crippen LogP contribution in [-0.4, -0.2) is 29.9 Å². The van der Waals surface area contributed by atoms with Crippen molar-refractivity contribution in [1.29, 1.82) is 0 Å². The van der Waals surface area contributed by atoms with Crippen molar-refractivity contribution in [2.45, 2.75) is 6.42 Å². The number of carbonyl (C=O) groups is 3. The number of halogens is 2. The summed E-state index contributed by atoms with van der Waals surface area (Å²) in [5, 5.41) is 13.2. The average Bonchev–Trinajstić information content (AvgIpc) is 2.84. The molecule has 182 valence electrons. The van der Waals surface area contributed by atoms with E-state index in [0.717, 1.165) is 21.7 Å². The fraction of sp³-hybridized carbons (Fsp3) is 0.0800. The first-order chi connectivity index (χ1) is 17.2. The Hall–Kier alpha value is -3.83. The Morgan fingerprint density at radius 3 is 2.47 bits per heavy atom. The number of non-ortho nitro benzene ring substituents is 1. The zero-order valence-corrected chi connectivity index (χ0v) is 21.8. The maximum atomic E-state index is 13.2. The number of hydrogen-bond donors (Lipinski definition) is 1. The van der Waals surface area contributed by atoms with Gasteiger partial charge in [0.1, 0.15) is 11.3 Å². The number of barbiturate groups is 1. The van der Waals surface area contributed by atoms with E-state index >= 15 is 0 Å². The molecule has 36 heavy (non-hydrogen) atoms. The molecule has 4 rings (SSSR count). The van der Waals surface area contributed by atoms with Crippen LogP contribution in [-0.2, 0) is 16.0 Å². The van der Waals surface area contributed by atoms with E-state index in [1.807, 2.05) is 24.3 Å². The van der Waals surface area contributed by atoms with Gasteiger partial charge in [0, 0.05) is 33.1 Å². The lowest BCUT2D eigenvalue weighted by atomic mass is 10.0. The monoisotopic (exact) mass is 613 g/mol. The van der Waals surface area contributed by atoms with Crippen LogP contribution in [0.1, 0.15) is 16.7 Å². The number of nitrogens with zero attached hydrogens (tertiary/aromatic N) is 2. The number of rotatable bonds is 6. The van der Waals surface area contributed by atoms with E-state index in [2.05, 4.69) is 37.2 Å². The zero-order chi connectivity index (χ0) is 26.0. The number of ether oxygens (including phenoxy) is 1. The van der Waals surface area contributed by atoms with Crippen LogP contribution in [0.2, 0.25) is 0 Å². The summed E-state index contributed by atoms with van der Waals surface area (Å²) in [5.74, 6) is -1.25. The van der Waals surface area contributed by atoms with Gasteiger partial charge in [0.15, 0.2) is 0 Å². The molecule has 0 radical (unpaired) electrons. The Bertz CT molecular complexity index is 1450. The van der Waals surface area contributed by atoms with E-state index in [9.17, 15) is 24.5 Å². The van der Waals surface area contributed by atoms with Crippen molar-refractivity contribution in [2.24, 2.45) is 0 Å². The summed E-state index contributed by atoms with van der Waals surface area (Å²) in [4.78, 5) is 49.3. The maximum Gasteiger partial charge on any atom is 0.335 e. The summed E-state index contributed by atoms with van der Waals surface area (Å²) in [6.07, 6.45) is 1.89. The Balaban J connectivity index is 1.72. The van der Waals surface area contributed by atoms with Gasteiger partial charge in [0.2, 0.25) is 0 Å². The van der Waals surface area contributed by atoms with Crippen molar-refractivity contribution in [2.75, 3.05) is 12.0 Å². The van der Waals surface area contributed by atoms with Crippen molar-refractivity contribution in [3.63, 3.8) is 0 Å². The van der Waals surface area contributed by atoms with Gasteiger partial charge in [-0.3, -0.25) is 25.0 Å². The van der Waals surface area contributed by atoms with E-state index in [4.69, 9.17) is 4.74 Å². The minimum atomic E-state index is -0.995. The van der Waals surface area contributed by atoms with Gasteiger partial charge in [-0.05, 0) is 41.5 Å². The second-order valence-electron chi connectivity index (χ2n) is 7.69. The number of benzene rings is 3. The first-order valence-electron chi connectivity index (χ1n) is 10.5. The summed E-state index contributed by atoms with van der Waals surface area (Å²) >= 11 is 7.10. The molecule has 4 amide bonds. The van der Waals surface area contributed by atoms with E-state index in [1.165, 1.54) is 31.4 Å². The standard InChI is InChI=1S/C25H17Br2N3O6/c1-36-22-11-14(10-21(27)18(22)12-15-5-2-3-8-20(15)26)9-19-23(31)28-25(33)29(24(19)32)16-6-4-7-17(13-16)30(34)35/h2-11,13H,12H2,1H3,(H,28,31,33)/b19-9+. The highest BCUT2D eigenvalue weighted by atomic mass is 79.9. The van der Waals surface area contributed by atoms with Gasteiger partial charge in [-0.1, -0.05) is 56.1 Å². The van der Waals surface area contributed by atoms with Crippen molar-refractivity contribution >= 4 is 67.2 Å². The van der Waals surface area contributed by atoms with Gasteiger partial charge in [-0.15, -0.1) is 0 Å². The Morgan fingerprint density at radius 1 is 1.03 bits per heavy atom. The third-order valence-electron chi connectivity index (χ3n) is 5.43. The maximum absolute atomic E-state index is 13.2. The number of urea groups is 1. The highest BCUT2D eigenvalue weighted by molar-refractivity contribution is 9.10. The number of methoxy groups -OCH3 is 1. The molecule has 0 atom stereocenters. The fourth-order valence-corrected chi connectivity index (χ4v) is 4.73. The molecule has 0 aliphatic carbocycles. The largest absolute Gasteiger partial charge is 0.496 e. The van der Waals surface area contributed by atoms with Crippen molar-refractivity contribution in [3.05, 3.63) is 102 Å². The molecule has 0 saturated carbocycles. The van der Waals surface area contributed by atoms with Gasteiger partial charge in [-0.2, -0.15) is 0 Å². The summed E-state index contributed by atoms with van der Waals surface area (Å²) in [6.45, 7) is 0. The number of anilines is 1. The van der Waals surface area contributed by atoms with Gasteiger partial charge in [-0.25, -0.2) is 9.69 Å².